The lowest BCUT2D eigenvalue weighted by molar-refractivity contribution is -0.116. The lowest BCUT2D eigenvalue weighted by Gasteiger charge is -2.07. The smallest absolute Gasteiger partial charge is 0.226 e. The number of rotatable bonds is 6. The molecule has 3 aromatic carbocycles. The molecule has 4 aromatic rings. The SMILES string of the molecule is O=C(CCCc1nc(-c2ccccc2)no1)Nc1ccc2c(c1)Cc1ccccc1-2. The van der Waals surface area contributed by atoms with Gasteiger partial charge >= 0.3 is 0 Å². The number of aryl methyl sites for hydroxylation is 1. The van der Waals surface area contributed by atoms with Crippen LogP contribution in [0.5, 0.6) is 0 Å². The normalized spacial score (nSPS) is 11.7. The van der Waals surface area contributed by atoms with Crippen LogP contribution in [0, 0.1) is 0 Å². The summed E-state index contributed by atoms with van der Waals surface area (Å²) in [6.07, 6.45) is 2.54. The van der Waals surface area contributed by atoms with Crippen LogP contribution >= 0.6 is 0 Å². The van der Waals surface area contributed by atoms with Crippen molar-refractivity contribution < 1.29 is 9.32 Å². The third kappa shape index (κ3) is 3.74. The molecule has 5 nitrogen and oxygen atoms in total. The Morgan fingerprint density at radius 3 is 2.63 bits per heavy atom. The van der Waals surface area contributed by atoms with Crippen LogP contribution in [-0.4, -0.2) is 16.0 Å². The van der Waals surface area contributed by atoms with E-state index in [0.29, 0.717) is 31.0 Å². The summed E-state index contributed by atoms with van der Waals surface area (Å²) in [5.41, 5.74) is 6.91. The molecule has 1 amide bonds. The van der Waals surface area contributed by atoms with Gasteiger partial charge in [0.05, 0.1) is 0 Å². The zero-order chi connectivity index (χ0) is 20.3. The van der Waals surface area contributed by atoms with Crippen molar-refractivity contribution in [2.24, 2.45) is 0 Å². The minimum absolute atomic E-state index is 0.00624. The fraction of sp³-hybridized carbons (Fsp3) is 0.160. The molecule has 0 unspecified atom stereocenters. The van der Waals surface area contributed by atoms with Crippen molar-refractivity contribution in [2.75, 3.05) is 5.32 Å². The van der Waals surface area contributed by atoms with Gasteiger partial charge in [-0.2, -0.15) is 4.98 Å². The van der Waals surface area contributed by atoms with Crippen LogP contribution in [0.1, 0.15) is 29.9 Å². The first-order valence-corrected chi connectivity index (χ1v) is 10.2. The molecule has 0 fully saturated rings. The number of fused-ring (bicyclic) bond motifs is 3. The van der Waals surface area contributed by atoms with Crippen LogP contribution in [0.3, 0.4) is 0 Å². The van der Waals surface area contributed by atoms with Crippen LogP contribution in [0.2, 0.25) is 0 Å². The number of hydrogen-bond acceptors (Lipinski definition) is 4. The Kier molecular flexibility index (Phi) is 4.85. The second kappa shape index (κ2) is 7.95. The molecule has 0 aliphatic heterocycles. The average Bonchev–Trinajstić information content (AvgIpc) is 3.38. The van der Waals surface area contributed by atoms with E-state index < -0.39 is 0 Å². The lowest BCUT2D eigenvalue weighted by atomic mass is 10.1. The van der Waals surface area contributed by atoms with E-state index in [0.717, 1.165) is 17.7 Å². The number of amides is 1. The Bertz CT molecular complexity index is 1200. The maximum atomic E-state index is 12.4. The highest BCUT2D eigenvalue weighted by Crippen LogP contribution is 2.37. The average molecular weight is 395 g/mol. The third-order valence-electron chi connectivity index (χ3n) is 5.37. The van der Waals surface area contributed by atoms with Gasteiger partial charge in [0, 0.05) is 24.1 Å². The van der Waals surface area contributed by atoms with E-state index in [1.807, 2.05) is 36.4 Å². The number of nitrogens with one attached hydrogen (secondary N) is 1. The first-order chi connectivity index (χ1) is 14.8. The minimum Gasteiger partial charge on any atom is -0.339 e. The van der Waals surface area contributed by atoms with Crippen molar-refractivity contribution in [3.05, 3.63) is 89.8 Å². The third-order valence-corrected chi connectivity index (χ3v) is 5.37. The van der Waals surface area contributed by atoms with Gasteiger partial charge < -0.3 is 9.84 Å². The topological polar surface area (TPSA) is 68.0 Å². The van der Waals surface area contributed by atoms with Gasteiger partial charge in [-0.3, -0.25) is 4.79 Å². The molecule has 1 N–H and O–H groups in total. The largest absolute Gasteiger partial charge is 0.339 e. The number of carbonyl (C=O) groups excluding carboxylic acids is 1. The highest BCUT2D eigenvalue weighted by atomic mass is 16.5. The van der Waals surface area contributed by atoms with Crippen LogP contribution in [-0.2, 0) is 17.6 Å². The zero-order valence-corrected chi connectivity index (χ0v) is 16.5. The summed E-state index contributed by atoms with van der Waals surface area (Å²) in [5, 5.41) is 7.03. The second-order valence-corrected chi connectivity index (χ2v) is 7.49. The van der Waals surface area contributed by atoms with E-state index in [-0.39, 0.29) is 5.91 Å². The molecule has 1 aliphatic rings. The first kappa shape index (κ1) is 18.3. The van der Waals surface area contributed by atoms with Crippen molar-refractivity contribution in [3.63, 3.8) is 0 Å². The van der Waals surface area contributed by atoms with E-state index in [2.05, 4.69) is 51.9 Å². The summed E-state index contributed by atoms with van der Waals surface area (Å²) in [7, 11) is 0. The highest BCUT2D eigenvalue weighted by Gasteiger charge is 2.18. The lowest BCUT2D eigenvalue weighted by Crippen LogP contribution is -2.11. The molecule has 0 saturated carbocycles. The number of nitrogens with zero attached hydrogens (tertiary/aromatic N) is 2. The fourth-order valence-electron chi connectivity index (χ4n) is 3.91. The van der Waals surface area contributed by atoms with Crippen LogP contribution < -0.4 is 5.32 Å². The molecule has 30 heavy (non-hydrogen) atoms. The minimum atomic E-state index is -0.00624. The van der Waals surface area contributed by atoms with E-state index in [4.69, 9.17) is 4.52 Å². The molecule has 1 aliphatic carbocycles. The summed E-state index contributed by atoms with van der Waals surface area (Å²) in [6.45, 7) is 0. The maximum absolute atomic E-state index is 12.4. The van der Waals surface area contributed by atoms with Crippen LogP contribution in [0.15, 0.2) is 77.3 Å². The van der Waals surface area contributed by atoms with Gasteiger partial charge in [0.2, 0.25) is 17.6 Å². The Labute approximate surface area is 174 Å². The zero-order valence-electron chi connectivity index (χ0n) is 16.5. The molecule has 5 rings (SSSR count). The van der Waals surface area contributed by atoms with E-state index in [9.17, 15) is 4.79 Å². The van der Waals surface area contributed by atoms with Crippen molar-refractivity contribution in [3.8, 4) is 22.5 Å². The molecule has 0 saturated heterocycles. The molecule has 1 heterocycles. The van der Waals surface area contributed by atoms with Gasteiger partial charge in [-0.15, -0.1) is 0 Å². The molecule has 0 atom stereocenters. The Balaban J connectivity index is 1.15. The van der Waals surface area contributed by atoms with Crippen molar-refractivity contribution in [2.45, 2.75) is 25.7 Å². The summed E-state index contributed by atoms with van der Waals surface area (Å²) >= 11 is 0. The summed E-state index contributed by atoms with van der Waals surface area (Å²) in [6, 6.07) is 24.3. The van der Waals surface area contributed by atoms with Gasteiger partial charge in [-0.1, -0.05) is 65.8 Å². The van der Waals surface area contributed by atoms with Gasteiger partial charge in [-0.05, 0) is 47.2 Å². The van der Waals surface area contributed by atoms with Crippen LogP contribution in [0.4, 0.5) is 5.69 Å². The molecule has 148 valence electrons. The van der Waals surface area contributed by atoms with Gasteiger partial charge in [0.1, 0.15) is 0 Å². The van der Waals surface area contributed by atoms with E-state index in [1.54, 1.807) is 0 Å². The molecular weight excluding hydrogens is 374 g/mol. The maximum Gasteiger partial charge on any atom is 0.226 e. The van der Waals surface area contributed by atoms with Crippen LogP contribution in [0.25, 0.3) is 22.5 Å². The highest BCUT2D eigenvalue weighted by molar-refractivity contribution is 5.91. The van der Waals surface area contributed by atoms with Crippen molar-refractivity contribution in [1.29, 1.82) is 0 Å². The molecular formula is C25H21N3O2. The predicted octanol–water partition coefficient (Wildman–Crippen LogP) is 5.27. The molecule has 0 spiro atoms. The van der Waals surface area contributed by atoms with E-state index in [1.165, 1.54) is 22.3 Å². The predicted molar refractivity (Wildman–Crippen MR) is 116 cm³/mol. The summed E-state index contributed by atoms with van der Waals surface area (Å²) in [4.78, 5) is 16.8. The number of hydrogen-bond donors (Lipinski definition) is 1. The van der Waals surface area contributed by atoms with Crippen molar-refractivity contribution in [1.82, 2.24) is 10.1 Å². The molecule has 0 bridgehead atoms. The number of carbonyl (C=O) groups is 1. The Morgan fingerprint density at radius 2 is 1.73 bits per heavy atom. The molecule has 5 heteroatoms. The fourth-order valence-corrected chi connectivity index (χ4v) is 3.91. The second-order valence-electron chi connectivity index (χ2n) is 7.49. The number of aromatic nitrogens is 2. The first-order valence-electron chi connectivity index (χ1n) is 10.2. The summed E-state index contributed by atoms with van der Waals surface area (Å²) in [5.74, 6) is 1.12. The number of anilines is 1. The van der Waals surface area contributed by atoms with Gasteiger partial charge in [-0.25, -0.2) is 0 Å². The quantitative estimate of drug-likeness (QED) is 0.425. The monoisotopic (exact) mass is 395 g/mol. The van der Waals surface area contributed by atoms with Gasteiger partial charge in [0.15, 0.2) is 0 Å². The van der Waals surface area contributed by atoms with Crippen molar-refractivity contribution >= 4 is 11.6 Å². The molecule has 1 aromatic heterocycles. The Morgan fingerprint density at radius 1 is 0.933 bits per heavy atom. The standard InChI is InChI=1S/C25H21N3O2/c29-23(11-6-12-24-27-25(28-30-24)17-7-2-1-3-8-17)26-20-13-14-22-19(16-20)15-18-9-4-5-10-21(18)22/h1-5,7-10,13-14,16H,6,11-12,15H2,(H,26,29). The molecule has 0 radical (unpaired) electrons. The summed E-state index contributed by atoms with van der Waals surface area (Å²) < 4.78 is 5.31. The van der Waals surface area contributed by atoms with Gasteiger partial charge in [0.25, 0.3) is 0 Å². The number of benzene rings is 3. The van der Waals surface area contributed by atoms with E-state index >= 15 is 0 Å². The Hall–Kier alpha value is -3.73.